The molecule has 0 spiro atoms. The average molecular weight is 483 g/mol. The minimum absolute atomic E-state index is 0.0835. The van der Waals surface area contributed by atoms with Crippen LogP contribution in [0.2, 0.25) is 5.02 Å². The molecule has 1 rings (SSSR count). The highest BCUT2D eigenvalue weighted by Crippen LogP contribution is 2.26. The molecule has 0 aromatic heterocycles. The third-order valence-electron chi connectivity index (χ3n) is 6.24. The molecule has 0 unspecified atom stereocenters. The van der Waals surface area contributed by atoms with Gasteiger partial charge in [0.25, 0.3) is 0 Å². The fourth-order valence-electron chi connectivity index (χ4n) is 4.59. The van der Waals surface area contributed by atoms with Crippen molar-refractivity contribution in [1.29, 1.82) is 0 Å². The number of hydrogen-bond acceptors (Lipinski definition) is 4. The van der Waals surface area contributed by atoms with Gasteiger partial charge in [0.1, 0.15) is 12.1 Å². The Kier molecular flexibility index (Phi) is 13.8. The standard InChI is InChI=1S/C26H44ClN3O3/c1-5-16-30(17-6-2,26(33)9-7-8-25(28)32)23(18-21-10-12-22(27)13-11-21)24(31)19-29-15-14-20(3)4/h10-13,20,23-24,29,31H,5-9,14-19H2,1-4H3,(H-,28,32)/p+1/t23-,24+/m0/s1. The first kappa shape index (κ1) is 29.6. The fraction of sp³-hybridized carbons (Fsp3) is 0.692. The van der Waals surface area contributed by atoms with Crippen molar-refractivity contribution in [2.75, 3.05) is 26.2 Å². The summed E-state index contributed by atoms with van der Waals surface area (Å²) in [6, 6.07) is 7.35. The van der Waals surface area contributed by atoms with Crippen LogP contribution >= 0.6 is 11.6 Å². The van der Waals surface area contributed by atoms with E-state index in [-0.39, 0.29) is 35.2 Å². The third-order valence-corrected chi connectivity index (χ3v) is 6.50. The molecule has 0 aliphatic carbocycles. The number of nitrogens with zero attached hydrogens (tertiary/aromatic N) is 1. The van der Waals surface area contributed by atoms with E-state index in [9.17, 15) is 14.7 Å². The molecule has 33 heavy (non-hydrogen) atoms. The van der Waals surface area contributed by atoms with E-state index in [4.69, 9.17) is 17.3 Å². The van der Waals surface area contributed by atoms with Crippen LogP contribution in [0.4, 0.5) is 0 Å². The number of amides is 2. The second-order valence-corrected chi connectivity index (χ2v) is 9.98. The van der Waals surface area contributed by atoms with E-state index in [1.54, 1.807) is 0 Å². The van der Waals surface area contributed by atoms with E-state index < -0.39 is 6.10 Å². The summed E-state index contributed by atoms with van der Waals surface area (Å²) in [5.41, 5.74) is 6.35. The summed E-state index contributed by atoms with van der Waals surface area (Å²) >= 11 is 6.09. The first-order chi connectivity index (χ1) is 15.7. The van der Waals surface area contributed by atoms with Gasteiger partial charge in [-0.1, -0.05) is 51.4 Å². The predicted octanol–water partition coefficient (Wildman–Crippen LogP) is 4.07. The van der Waals surface area contributed by atoms with E-state index in [1.807, 2.05) is 24.3 Å². The van der Waals surface area contributed by atoms with E-state index >= 15 is 0 Å². The van der Waals surface area contributed by atoms with E-state index in [1.165, 1.54) is 0 Å². The molecule has 0 radical (unpaired) electrons. The zero-order valence-corrected chi connectivity index (χ0v) is 21.7. The molecule has 2 atom stereocenters. The van der Waals surface area contributed by atoms with Gasteiger partial charge in [0.2, 0.25) is 5.91 Å². The molecule has 0 aliphatic rings. The van der Waals surface area contributed by atoms with E-state index in [0.29, 0.717) is 43.4 Å². The van der Waals surface area contributed by atoms with Crippen molar-refractivity contribution in [3.63, 3.8) is 0 Å². The zero-order valence-electron chi connectivity index (χ0n) is 21.0. The molecule has 0 aliphatic heterocycles. The molecule has 0 bridgehead atoms. The molecule has 4 N–H and O–H groups in total. The van der Waals surface area contributed by atoms with Crippen LogP contribution in [0.25, 0.3) is 0 Å². The molecular weight excluding hydrogens is 438 g/mol. The SMILES string of the molecule is CCC[N+](CCC)(C(=O)CCCC(N)=O)[C@@H](Cc1ccc(Cl)cc1)[C@H](O)CNCCC(C)C. The van der Waals surface area contributed by atoms with Crippen molar-refractivity contribution in [2.45, 2.75) is 84.8 Å². The summed E-state index contributed by atoms with van der Waals surface area (Å²) in [4.78, 5) is 24.9. The van der Waals surface area contributed by atoms with Gasteiger partial charge in [-0.05, 0) is 55.8 Å². The van der Waals surface area contributed by atoms with Gasteiger partial charge < -0.3 is 16.2 Å². The molecule has 188 valence electrons. The Morgan fingerprint density at radius 1 is 1.09 bits per heavy atom. The van der Waals surface area contributed by atoms with E-state index in [0.717, 1.165) is 31.4 Å². The molecule has 0 saturated heterocycles. The lowest BCUT2D eigenvalue weighted by Crippen LogP contribution is -2.65. The summed E-state index contributed by atoms with van der Waals surface area (Å²) in [5, 5.41) is 15.5. The van der Waals surface area contributed by atoms with Crippen LogP contribution in [0.15, 0.2) is 24.3 Å². The van der Waals surface area contributed by atoms with Crippen molar-refractivity contribution in [3.8, 4) is 0 Å². The Labute approximate surface area is 205 Å². The van der Waals surface area contributed by atoms with Gasteiger partial charge >= 0.3 is 5.91 Å². The number of nitrogens with two attached hydrogens (primary N) is 1. The summed E-state index contributed by atoms with van der Waals surface area (Å²) in [6.45, 7) is 11.1. The second-order valence-electron chi connectivity index (χ2n) is 9.55. The van der Waals surface area contributed by atoms with Gasteiger partial charge in [0.05, 0.1) is 19.5 Å². The molecule has 1 aromatic rings. The van der Waals surface area contributed by atoms with Crippen LogP contribution in [-0.2, 0) is 16.0 Å². The number of carbonyl (C=O) groups is 2. The van der Waals surface area contributed by atoms with Crippen LogP contribution in [0, 0.1) is 5.92 Å². The number of aliphatic hydroxyl groups is 1. The summed E-state index contributed by atoms with van der Waals surface area (Å²) in [6.07, 6.45) is 3.50. The molecule has 7 heteroatoms. The Morgan fingerprint density at radius 3 is 2.21 bits per heavy atom. The largest absolute Gasteiger partial charge is 0.386 e. The fourth-order valence-corrected chi connectivity index (χ4v) is 4.72. The highest BCUT2D eigenvalue weighted by Gasteiger charge is 2.45. The lowest BCUT2D eigenvalue weighted by molar-refractivity contribution is -0.884. The first-order valence-corrected chi connectivity index (χ1v) is 12.9. The summed E-state index contributed by atoms with van der Waals surface area (Å²) < 4.78 is 0.224. The summed E-state index contributed by atoms with van der Waals surface area (Å²) in [7, 11) is 0. The number of quaternary nitrogens is 1. The van der Waals surface area contributed by atoms with Gasteiger partial charge in [-0.2, -0.15) is 0 Å². The van der Waals surface area contributed by atoms with Crippen molar-refractivity contribution in [2.24, 2.45) is 11.7 Å². The van der Waals surface area contributed by atoms with Gasteiger partial charge in [-0.25, -0.2) is 4.79 Å². The molecular formula is C26H45ClN3O3+. The first-order valence-electron chi connectivity index (χ1n) is 12.5. The van der Waals surface area contributed by atoms with Gasteiger partial charge in [0.15, 0.2) is 0 Å². The van der Waals surface area contributed by atoms with Crippen LogP contribution in [-0.4, -0.2) is 59.7 Å². The molecule has 2 amide bonds. The molecule has 0 heterocycles. The average Bonchev–Trinajstić information content (AvgIpc) is 2.75. The quantitative estimate of drug-likeness (QED) is 0.230. The summed E-state index contributed by atoms with van der Waals surface area (Å²) in [5.74, 6) is 0.278. The Hall–Kier alpha value is -1.47. The van der Waals surface area contributed by atoms with Crippen LogP contribution in [0.3, 0.4) is 0 Å². The Bertz CT molecular complexity index is 703. The number of nitrogens with one attached hydrogen (secondary N) is 1. The number of aliphatic hydroxyl groups excluding tert-OH is 1. The van der Waals surface area contributed by atoms with Crippen LogP contribution < -0.4 is 11.1 Å². The van der Waals surface area contributed by atoms with Gasteiger partial charge in [-0.3, -0.25) is 9.28 Å². The van der Waals surface area contributed by atoms with Crippen LogP contribution in [0.5, 0.6) is 0 Å². The Balaban J connectivity index is 3.25. The Morgan fingerprint density at radius 2 is 1.70 bits per heavy atom. The minimum atomic E-state index is -0.689. The smallest absolute Gasteiger partial charge is 0.314 e. The van der Waals surface area contributed by atoms with Crippen molar-refractivity contribution in [3.05, 3.63) is 34.9 Å². The topological polar surface area (TPSA) is 92.4 Å². The number of carbonyl (C=O) groups excluding carboxylic acids is 2. The van der Waals surface area contributed by atoms with Gasteiger partial charge in [0, 0.05) is 24.4 Å². The number of benzene rings is 1. The molecule has 0 saturated carbocycles. The number of halogens is 1. The van der Waals surface area contributed by atoms with E-state index in [2.05, 4.69) is 33.0 Å². The number of hydrogen-bond donors (Lipinski definition) is 3. The minimum Gasteiger partial charge on any atom is -0.386 e. The molecule has 0 fully saturated rings. The maximum Gasteiger partial charge on any atom is 0.314 e. The lowest BCUT2D eigenvalue weighted by atomic mass is 9.94. The predicted molar refractivity (Wildman–Crippen MR) is 136 cm³/mol. The maximum absolute atomic E-state index is 13.7. The second kappa shape index (κ2) is 15.4. The highest BCUT2D eigenvalue weighted by atomic mass is 35.5. The van der Waals surface area contributed by atoms with Crippen LogP contribution in [0.1, 0.15) is 71.8 Å². The number of rotatable bonds is 17. The molecule has 6 nitrogen and oxygen atoms in total. The highest BCUT2D eigenvalue weighted by molar-refractivity contribution is 6.30. The number of primary amides is 1. The van der Waals surface area contributed by atoms with Gasteiger partial charge in [-0.15, -0.1) is 0 Å². The maximum atomic E-state index is 13.7. The van der Waals surface area contributed by atoms with Crippen molar-refractivity contribution < 1.29 is 19.2 Å². The van der Waals surface area contributed by atoms with Crippen molar-refractivity contribution in [1.82, 2.24) is 5.32 Å². The monoisotopic (exact) mass is 482 g/mol. The normalized spacial score (nSPS) is 13.8. The van der Waals surface area contributed by atoms with Crippen molar-refractivity contribution >= 4 is 23.4 Å². The third kappa shape index (κ3) is 10.1. The molecule has 1 aromatic carbocycles. The zero-order chi connectivity index (χ0) is 24.9. The lowest BCUT2D eigenvalue weighted by Gasteiger charge is -2.44.